The predicted molar refractivity (Wildman–Crippen MR) is 151 cm³/mol. The molecule has 0 saturated heterocycles. The van der Waals surface area contributed by atoms with Crippen molar-refractivity contribution in [3.05, 3.63) is 0 Å². The van der Waals surface area contributed by atoms with Crippen molar-refractivity contribution < 1.29 is 24.5 Å². The summed E-state index contributed by atoms with van der Waals surface area (Å²) in [5.41, 5.74) is 0. The zero-order valence-electron chi connectivity index (χ0n) is 24.5. The van der Waals surface area contributed by atoms with Gasteiger partial charge in [-0.25, -0.2) is 4.79 Å². The maximum atomic E-state index is 11.7. The van der Waals surface area contributed by atoms with Crippen molar-refractivity contribution in [1.29, 1.82) is 0 Å². The zero-order valence-corrected chi connectivity index (χ0v) is 24.5. The van der Waals surface area contributed by atoms with Crippen LogP contribution in [0.4, 0.5) is 4.79 Å². The lowest BCUT2D eigenvalue weighted by molar-refractivity contribution is -0.129. The average Bonchev–Trinajstić information content (AvgIpc) is 2.80. The lowest BCUT2D eigenvalue weighted by atomic mass is 10.0. The summed E-state index contributed by atoms with van der Waals surface area (Å²) >= 11 is 0. The minimum absolute atomic E-state index is 0.415. The molecule has 2 N–H and O–H groups in total. The van der Waals surface area contributed by atoms with Gasteiger partial charge in [0.15, 0.2) is 0 Å². The van der Waals surface area contributed by atoms with Gasteiger partial charge in [0.25, 0.3) is 0 Å². The van der Waals surface area contributed by atoms with E-state index >= 15 is 0 Å². The van der Waals surface area contributed by atoms with E-state index in [9.17, 15) is 15.0 Å². The van der Waals surface area contributed by atoms with E-state index in [2.05, 4.69) is 27.7 Å². The van der Waals surface area contributed by atoms with Crippen LogP contribution in [0.5, 0.6) is 0 Å². The van der Waals surface area contributed by atoms with Gasteiger partial charge in [-0.3, -0.25) is 0 Å². The largest absolute Gasteiger partial charge is 0.512 e. The van der Waals surface area contributed by atoms with Crippen LogP contribution in [0.25, 0.3) is 0 Å². The number of carbonyl (C=O) groups excluding carboxylic acids is 1. The molecule has 36 heavy (non-hydrogen) atoms. The zero-order chi connectivity index (χ0) is 26.9. The third-order valence-corrected chi connectivity index (χ3v) is 6.93. The number of hydrogen-bond acceptors (Lipinski definition) is 5. The molecule has 0 saturated carbocycles. The van der Waals surface area contributed by atoms with Crippen molar-refractivity contribution in [2.75, 3.05) is 0 Å². The number of ether oxygens (including phenoxy) is 2. The van der Waals surface area contributed by atoms with Crippen LogP contribution in [0.1, 0.15) is 169 Å². The van der Waals surface area contributed by atoms with Gasteiger partial charge in [-0.05, 0) is 24.7 Å². The van der Waals surface area contributed by atoms with Gasteiger partial charge < -0.3 is 19.7 Å². The molecule has 0 aromatic carbocycles. The number of rotatable bonds is 26. The lowest BCUT2D eigenvalue weighted by Gasteiger charge is -2.15. The van der Waals surface area contributed by atoms with Crippen molar-refractivity contribution >= 4 is 6.16 Å². The SMILES string of the molecule is CC(C)CCCCCCCCCCCC(O)OC(=O)OC(O)CCCCCCCCCCCC(C)C. The van der Waals surface area contributed by atoms with Crippen molar-refractivity contribution in [2.45, 2.75) is 182 Å². The summed E-state index contributed by atoms with van der Waals surface area (Å²) < 4.78 is 9.73. The van der Waals surface area contributed by atoms with Gasteiger partial charge in [0, 0.05) is 12.8 Å². The Morgan fingerprint density at radius 3 is 0.917 bits per heavy atom. The van der Waals surface area contributed by atoms with E-state index in [1.165, 1.54) is 89.9 Å². The minimum Gasteiger partial charge on any atom is -0.405 e. The quantitative estimate of drug-likeness (QED) is 0.0682. The molecular weight excluding hydrogens is 452 g/mol. The molecule has 0 aliphatic carbocycles. The molecule has 5 nitrogen and oxygen atoms in total. The fourth-order valence-electron chi connectivity index (χ4n) is 4.59. The second kappa shape index (κ2) is 25.8. The van der Waals surface area contributed by atoms with E-state index in [4.69, 9.17) is 9.47 Å². The van der Waals surface area contributed by atoms with Gasteiger partial charge in [0.05, 0.1) is 0 Å². The van der Waals surface area contributed by atoms with Crippen molar-refractivity contribution in [2.24, 2.45) is 11.8 Å². The molecule has 216 valence electrons. The van der Waals surface area contributed by atoms with Crippen LogP contribution in [0.2, 0.25) is 0 Å². The first-order valence-electron chi connectivity index (χ1n) is 15.5. The summed E-state index contributed by atoms with van der Waals surface area (Å²) in [6.45, 7) is 9.15. The molecule has 0 fully saturated rings. The highest BCUT2D eigenvalue weighted by atomic mass is 16.8. The van der Waals surface area contributed by atoms with Gasteiger partial charge in [-0.1, -0.05) is 143 Å². The third kappa shape index (κ3) is 27.8. The summed E-state index contributed by atoms with van der Waals surface area (Å²) in [6, 6.07) is 0. The van der Waals surface area contributed by atoms with Crippen molar-refractivity contribution in [1.82, 2.24) is 0 Å². The molecule has 2 unspecified atom stereocenters. The second-order valence-electron chi connectivity index (χ2n) is 11.7. The summed E-state index contributed by atoms with van der Waals surface area (Å²) in [7, 11) is 0. The summed E-state index contributed by atoms with van der Waals surface area (Å²) in [4.78, 5) is 11.7. The number of aliphatic hydroxyl groups is 2. The molecule has 5 heteroatoms. The van der Waals surface area contributed by atoms with Gasteiger partial charge >= 0.3 is 6.16 Å². The molecule has 0 bridgehead atoms. The number of hydrogen-bond donors (Lipinski definition) is 2. The molecule has 0 heterocycles. The summed E-state index contributed by atoms with van der Waals surface area (Å²) in [5.74, 6) is 1.64. The fraction of sp³-hybridized carbons (Fsp3) is 0.968. The monoisotopic (exact) mass is 514 g/mol. The molecule has 0 rings (SSSR count). The van der Waals surface area contributed by atoms with E-state index in [1.807, 2.05) is 0 Å². The smallest absolute Gasteiger partial charge is 0.405 e. The van der Waals surface area contributed by atoms with Crippen LogP contribution in [0.15, 0.2) is 0 Å². The number of aliphatic hydroxyl groups excluding tert-OH is 2. The molecule has 0 aliphatic rings. The Balaban J connectivity index is 3.45. The highest BCUT2D eigenvalue weighted by Gasteiger charge is 2.16. The van der Waals surface area contributed by atoms with Crippen molar-refractivity contribution in [3.8, 4) is 0 Å². The van der Waals surface area contributed by atoms with E-state index in [0.717, 1.165) is 50.4 Å². The first-order valence-corrected chi connectivity index (χ1v) is 15.5. The minimum atomic E-state index is -1.16. The molecular formula is C31H62O5. The summed E-state index contributed by atoms with van der Waals surface area (Å²) in [5, 5.41) is 19.8. The van der Waals surface area contributed by atoms with Crippen LogP contribution < -0.4 is 0 Å². The Bertz CT molecular complexity index is 426. The Hall–Kier alpha value is -0.810. The Labute approximate surface area is 224 Å². The van der Waals surface area contributed by atoms with E-state index in [0.29, 0.717) is 12.8 Å². The van der Waals surface area contributed by atoms with E-state index in [-0.39, 0.29) is 0 Å². The second-order valence-corrected chi connectivity index (χ2v) is 11.7. The molecule has 2 atom stereocenters. The first kappa shape index (κ1) is 35.2. The molecule has 0 aromatic heterocycles. The summed E-state index contributed by atoms with van der Waals surface area (Å²) in [6.07, 6.45) is 22.0. The van der Waals surface area contributed by atoms with Crippen molar-refractivity contribution in [3.63, 3.8) is 0 Å². The predicted octanol–water partition coefficient (Wildman–Crippen LogP) is 9.67. The van der Waals surface area contributed by atoms with Gasteiger partial charge in [0.1, 0.15) is 0 Å². The molecule has 0 aromatic rings. The maximum absolute atomic E-state index is 11.7. The normalized spacial score (nSPS) is 13.3. The van der Waals surface area contributed by atoms with Crippen LogP contribution in [-0.2, 0) is 9.47 Å². The lowest BCUT2D eigenvalue weighted by Crippen LogP contribution is -2.23. The van der Waals surface area contributed by atoms with Crippen LogP contribution in [-0.4, -0.2) is 28.9 Å². The van der Waals surface area contributed by atoms with Gasteiger partial charge in [-0.2, -0.15) is 0 Å². The Kier molecular flexibility index (Phi) is 25.2. The average molecular weight is 515 g/mol. The van der Waals surface area contributed by atoms with Crippen LogP contribution >= 0.6 is 0 Å². The molecule has 0 aliphatic heterocycles. The van der Waals surface area contributed by atoms with Gasteiger partial charge in [0.2, 0.25) is 12.6 Å². The van der Waals surface area contributed by atoms with Crippen LogP contribution in [0.3, 0.4) is 0 Å². The maximum Gasteiger partial charge on any atom is 0.512 e. The highest BCUT2D eigenvalue weighted by molar-refractivity contribution is 5.60. The molecule has 0 amide bonds. The standard InChI is InChI=1S/C31H62O5/c1-27(2)23-19-15-11-7-5-9-13-17-21-25-29(32)35-31(34)36-30(33)26-22-18-14-10-6-8-12-16-20-24-28(3)4/h27-30,32-33H,5-26H2,1-4H3. The highest BCUT2D eigenvalue weighted by Crippen LogP contribution is 2.16. The number of unbranched alkanes of at least 4 members (excludes halogenated alkanes) is 16. The third-order valence-electron chi connectivity index (χ3n) is 6.93. The molecule has 0 spiro atoms. The Morgan fingerprint density at radius 2 is 0.667 bits per heavy atom. The van der Waals surface area contributed by atoms with Crippen LogP contribution in [0, 0.1) is 11.8 Å². The molecule has 0 radical (unpaired) electrons. The van der Waals surface area contributed by atoms with E-state index in [1.54, 1.807) is 0 Å². The van der Waals surface area contributed by atoms with E-state index < -0.39 is 18.7 Å². The Morgan fingerprint density at radius 1 is 0.444 bits per heavy atom. The topological polar surface area (TPSA) is 76.0 Å². The number of carbonyl (C=O) groups is 1. The van der Waals surface area contributed by atoms with Gasteiger partial charge in [-0.15, -0.1) is 0 Å². The first-order chi connectivity index (χ1) is 17.3. The fourth-order valence-corrected chi connectivity index (χ4v) is 4.59.